The Labute approximate surface area is 225 Å². The van der Waals surface area contributed by atoms with Crippen LogP contribution in [0.25, 0.3) is 0 Å². The molecule has 0 radical (unpaired) electrons. The number of amides is 1. The molecule has 2 aromatic carbocycles. The Kier molecular flexibility index (Phi) is 10.0. The van der Waals surface area contributed by atoms with Gasteiger partial charge >= 0.3 is 5.97 Å². The molecule has 0 saturated heterocycles. The SMILES string of the molecule is C=CCCC(=O)N(C)[C@@H](COC(C1=CC(C)C(OC)C=C1)(c1ccccc1)c1ccc(OC)cc1)C(=O)O. The number of nitrogens with zero attached hydrogens (tertiary/aromatic N) is 1. The van der Waals surface area contributed by atoms with E-state index in [2.05, 4.69) is 19.6 Å². The summed E-state index contributed by atoms with van der Waals surface area (Å²) >= 11 is 0. The molecule has 2 aromatic rings. The molecule has 0 aromatic heterocycles. The lowest BCUT2D eigenvalue weighted by Crippen LogP contribution is -2.48. The van der Waals surface area contributed by atoms with Crippen LogP contribution in [-0.4, -0.2) is 61.9 Å². The monoisotopic (exact) mass is 519 g/mol. The third-order valence-electron chi connectivity index (χ3n) is 6.95. The number of rotatable bonds is 13. The summed E-state index contributed by atoms with van der Waals surface area (Å²) in [6, 6.07) is 16.0. The van der Waals surface area contributed by atoms with Crippen LogP contribution in [0, 0.1) is 5.92 Å². The maximum atomic E-state index is 12.7. The van der Waals surface area contributed by atoms with Gasteiger partial charge < -0.3 is 24.2 Å². The summed E-state index contributed by atoms with van der Waals surface area (Å²) in [4.78, 5) is 26.3. The lowest BCUT2D eigenvalue weighted by atomic mass is 9.76. The highest BCUT2D eigenvalue weighted by atomic mass is 16.5. The molecule has 1 N–H and O–H groups in total. The van der Waals surface area contributed by atoms with Crippen LogP contribution in [0.5, 0.6) is 5.75 Å². The molecule has 7 heteroatoms. The van der Waals surface area contributed by atoms with Crippen LogP contribution < -0.4 is 4.74 Å². The number of carbonyl (C=O) groups is 2. The van der Waals surface area contributed by atoms with Crippen molar-refractivity contribution in [1.29, 1.82) is 0 Å². The first kappa shape index (κ1) is 28.9. The lowest BCUT2D eigenvalue weighted by molar-refractivity contribution is -0.153. The fourth-order valence-electron chi connectivity index (χ4n) is 4.71. The summed E-state index contributed by atoms with van der Waals surface area (Å²) in [7, 11) is 4.77. The number of benzene rings is 2. The molecule has 3 rings (SSSR count). The van der Waals surface area contributed by atoms with E-state index in [0.717, 1.165) is 16.7 Å². The Morgan fingerprint density at radius 1 is 1.11 bits per heavy atom. The molecule has 1 amide bonds. The second kappa shape index (κ2) is 13.2. The molecule has 7 nitrogen and oxygen atoms in total. The van der Waals surface area contributed by atoms with Crippen molar-refractivity contribution < 1.29 is 28.9 Å². The summed E-state index contributed by atoms with van der Waals surface area (Å²) in [5.41, 5.74) is 1.32. The molecule has 4 atom stereocenters. The molecule has 202 valence electrons. The molecule has 0 fully saturated rings. The van der Waals surface area contributed by atoms with E-state index in [1.165, 1.54) is 11.9 Å². The minimum absolute atomic E-state index is 0.0448. The van der Waals surface area contributed by atoms with Gasteiger partial charge in [-0.15, -0.1) is 6.58 Å². The van der Waals surface area contributed by atoms with Gasteiger partial charge in [0.05, 0.1) is 19.8 Å². The molecule has 0 spiro atoms. The number of carboxylic acids is 1. The third-order valence-corrected chi connectivity index (χ3v) is 6.95. The maximum absolute atomic E-state index is 12.7. The number of aliphatic carboxylic acids is 1. The molecule has 38 heavy (non-hydrogen) atoms. The second-order valence-corrected chi connectivity index (χ2v) is 9.31. The first-order chi connectivity index (χ1) is 18.3. The van der Waals surface area contributed by atoms with Crippen LogP contribution in [0.3, 0.4) is 0 Å². The van der Waals surface area contributed by atoms with Gasteiger partial charge in [-0.3, -0.25) is 4.79 Å². The van der Waals surface area contributed by atoms with E-state index in [-0.39, 0.29) is 31.0 Å². The number of carboxylic acid groups (broad SMARTS) is 1. The Morgan fingerprint density at radius 2 is 1.76 bits per heavy atom. The average molecular weight is 520 g/mol. The molecule has 0 heterocycles. The van der Waals surface area contributed by atoms with E-state index in [9.17, 15) is 14.7 Å². The van der Waals surface area contributed by atoms with Gasteiger partial charge in [0.2, 0.25) is 5.91 Å². The Balaban J connectivity index is 2.14. The fourth-order valence-corrected chi connectivity index (χ4v) is 4.71. The number of hydrogen-bond donors (Lipinski definition) is 1. The van der Waals surface area contributed by atoms with E-state index in [4.69, 9.17) is 14.2 Å². The van der Waals surface area contributed by atoms with Gasteiger partial charge in [0.25, 0.3) is 0 Å². The van der Waals surface area contributed by atoms with Crippen LogP contribution in [-0.2, 0) is 24.7 Å². The minimum Gasteiger partial charge on any atom is -0.497 e. The van der Waals surface area contributed by atoms with Crippen molar-refractivity contribution in [2.75, 3.05) is 27.9 Å². The molecular formula is C31H37NO6. The summed E-state index contributed by atoms with van der Waals surface area (Å²) in [6.45, 7) is 5.47. The Hall–Kier alpha value is -3.68. The Morgan fingerprint density at radius 3 is 2.32 bits per heavy atom. The molecule has 3 unspecified atom stereocenters. The van der Waals surface area contributed by atoms with Crippen molar-refractivity contribution in [3.63, 3.8) is 0 Å². The first-order valence-electron chi connectivity index (χ1n) is 12.6. The quantitative estimate of drug-likeness (QED) is 0.376. The maximum Gasteiger partial charge on any atom is 0.328 e. The summed E-state index contributed by atoms with van der Waals surface area (Å²) in [5, 5.41) is 10.1. The smallest absolute Gasteiger partial charge is 0.328 e. The van der Waals surface area contributed by atoms with Gasteiger partial charge in [0, 0.05) is 26.5 Å². The van der Waals surface area contributed by atoms with Crippen molar-refractivity contribution in [1.82, 2.24) is 4.90 Å². The number of methoxy groups -OCH3 is 2. The van der Waals surface area contributed by atoms with E-state index < -0.39 is 17.6 Å². The first-order valence-corrected chi connectivity index (χ1v) is 12.6. The predicted octanol–water partition coefficient (Wildman–Crippen LogP) is 4.98. The number of hydrogen-bond acceptors (Lipinski definition) is 5. The van der Waals surface area contributed by atoms with E-state index in [1.54, 1.807) is 20.3 Å². The van der Waals surface area contributed by atoms with E-state index in [1.807, 2.05) is 66.7 Å². The van der Waals surface area contributed by atoms with Gasteiger partial charge in [-0.1, -0.05) is 73.7 Å². The van der Waals surface area contributed by atoms with Crippen LogP contribution in [0.1, 0.15) is 30.9 Å². The Bertz CT molecular complexity index is 1160. The molecular weight excluding hydrogens is 482 g/mol. The average Bonchev–Trinajstić information content (AvgIpc) is 2.94. The summed E-state index contributed by atoms with van der Waals surface area (Å²) in [6.07, 6.45) is 8.24. The molecule has 0 saturated carbocycles. The van der Waals surface area contributed by atoms with Crippen molar-refractivity contribution >= 4 is 11.9 Å². The zero-order valence-electron chi connectivity index (χ0n) is 22.5. The molecule has 0 aliphatic heterocycles. The third kappa shape index (κ3) is 6.23. The highest BCUT2D eigenvalue weighted by molar-refractivity contribution is 5.83. The highest BCUT2D eigenvalue weighted by Crippen LogP contribution is 2.44. The molecule has 1 aliphatic rings. The highest BCUT2D eigenvalue weighted by Gasteiger charge is 2.42. The normalized spacial score (nSPS) is 19.1. The van der Waals surface area contributed by atoms with Gasteiger partial charge in [-0.2, -0.15) is 0 Å². The second-order valence-electron chi connectivity index (χ2n) is 9.31. The van der Waals surface area contributed by atoms with Crippen molar-refractivity contribution in [3.05, 3.63) is 102 Å². The lowest BCUT2D eigenvalue weighted by Gasteiger charge is -2.40. The summed E-state index contributed by atoms with van der Waals surface area (Å²) < 4.78 is 17.7. The van der Waals surface area contributed by atoms with E-state index >= 15 is 0 Å². The van der Waals surface area contributed by atoms with Crippen molar-refractivity contribution in [2.24, 2.45) is 5.92 Å². The van der Waals surface area contributed by atoms with Crippen LogP contribution in [0.2, 0.25) is 0 Å². The van der Waals surface area contributed by atoms with Crippen molar-refractivity contribution in [2.45, 2.75) is 37.5 Å². The minimum atomic E-state index is -1.19. The zero-order valence-corrected chi connectivity index (χ0v) is 22.5. The number of carbonyl (C=O) groups excluding carboxylic acids is 1. The van der Waals surface area contributed by atoms with Crippen LogP contribution in [0.4, 0.5) is 0 Å². The number of ether oxygens (including phenoxy) is 3. The van der Waals surface area contributed by atoms with Gasteiger partial charge in [0.15, 0.2) is 6.04 Å². The number of allylic oxidation sites excluding steroid dienone is 1. The van der Waals surface area contributed by atoms with Crippen LogP contribution in [0.15, 0.2) is 91.1 Å². The summed E-state index contributed by atoms with van der Waals surface area (Å²) in [5.74, 6) is -0.697. The molecule has 1 aliphatic carbocycles. The largest absolute Gasteiger partial charge is 0.497 e. The fraction of sp³-hybridized carbons (Fsp3) is 0.355. The van der Waals surface area contributed by atoms with Gasteiger partial charge in [-0.05, 0) is 35.3 Å². The molecule has 0 bridgehead atoms. The standard InChI is InChI=1S/C31H37NO6/c1-6-7-13-29(33)32(3)27(30(34)35)21-38-31(23-11-9-8-10-12-23,24-14-17-26(36-4)18-15-24)25-16-19-28(37-5)22(2)20-25/h6,8-12,14-20,22,27-28H,1,7,13,21H2,2-5H3,(H,34,35)/t22?,27-,28?,31?/m0/s1. The van der Waals surface area contributed by atoms with Crippen LogP contribution >= 0.6 is 0 Å². The zero-order chi connectivity index (χ0) is 27.7. The van der Waals surface area contributed by atoms with Gasteiger partial charge in [0.1, 0.15) is 11.4 Å². The van der Waals surface area contributed by atoms with Crippen molar-refractivity contribution in [3.8, 4) is 5.75 Å². The number of likely N-dealkylation sites (N-methyl/N-ethyl adjacent to an activating group) is 1. The topological polar surface area (TPSA) is 85.3 Å². The predicted molar refractivity (Wildman–Crippen MR) is 147 cm³/mol. The van der Waals surface area contributed by atoms with Gasteiger partial charge in [-0.25, -0.2) is 4.79 Å². The van der Waals surface area contributed by atoms with E-state index in [0.29, 0.717) is 12.2 Å².